The van der Waals surface area contributed by atoms with Gasteiger partial charge in [-0.25, -0.2) is 0 Å². The average molecular weight is 459 g/mol. The average Bonchev–Trinajstić information content (AvgIpc) is 2.94. The highest BCUT2D eigenvalue weighted by Gasteiger charge is 2.30. The van der Waals surface area contributed by atoms with E-state index in [1.807, 2.05) is 6.07 Å². The molecule has 23 heavy (non-hydrogen) atoms. The Balaban J connectivity index is 1.89. The Morgan fingerprint density at radius 1 is 1.22 bits per heavy atom. The zero-order chi connectivity index (χ0) is 16.4. The highest BCUT2D eigenvalue weighted by atomic mass is 79.9. The highest BCUT2D eigenvalue weighted by molar-refractivity contribution is 9.11. The summed E-state index contributed by atoms with van der Waals surface area (Å²) in [6, 6.07) is 12.8. The van der Waals surface area contributed by atoms with E-state index < -0.39 is 5.97 Å². The first-order valence-corrected chi connectivity index (χ1v) is 9.92. The van der Waals surface area contributed by atoms with Crippen LogP contribution in [0.2, 0.25) is 0 Å². The van der Waals surface area contributed by atoms with Gasteiger partial charge in [-0.1, -0.05) is 28.1 Å². The van der Waals surface area contributed by atoms with Gasteiger partial charge in [0, 0.05) is 9.35 Å². The fourth-order valence-electron chi connectivity index (χ4n) is 3.11. The maximum absolute atomic E-state index is 11.2. The van der Waals surface area contributed by atoms with Gasteiger partial charge in [0.1, 0.15) is 0 Å². The van der Waals surface area contributed by atoms with Gasteiger partial charge in [0.05, 0.1) is 15.7 Å². The van der Waals surface area contributed by atoms with E-state index in [4.69, 9.17) is 0 Å². The molecule has 0 amide bonds. The summed E-state index contributed by atoms with van der Waals surface area (Å²) in [6.07, 6.45) is 1.43. The molecule has 2 aromatic rings. The molecule has 1 fully saturated rings. The van der Waals surface area contributed by atoms with Crippen LogP contribution in [-0.4, -0.2) is 29.1 Å². The quantitative estimate of drug-likeness (QED) is 0.687. The van der Waals surface area contributed by atoms with Crippen LogP contribution in [0.3, 0.4) is 0 Å². The predicted octanol–water partition coefficient (Wildman–Crippen LogP) is 5.16. The Hall–Kier alpha value is -0.690. The van der Waals surface area contributed by atoms with Crippen LogP contribution in [0, 0.1) is 5.92 Å². The minimum absolute atomic E-state index is 0.179. The fourth-order valence-corrected chi connectivity index (χ4v) is 5.12. The number of benzene rings is 1. The van der Waals surface area contributed by atoms with Gasteiger partial charge >= 0.3 is 5.97 Å². The van der Waals surface area contributed by atoms with Crippen molar-refractivity contribution >= 4 is 49.2 Å². The third-order valence-corrected chi connectivity index (χ3v) is 6.44. The first kappa shape index (κ1) is 17.1. The fraction of sp³-hybridized carbons (Fsp3) is 0.353. The summed E-state index contributed by atoms with van der Waals surface area (Å²) in [5.41, 5.74) is 1.24. The van der Waals surface area contributed by atoms with E-state index in [2.05, 4.69) is 67.1 Å². The predicted molar refractivity (Wildman–Crippen MR) is 99.9 cm³/mol. The standard InChI is InChI=1S/C17H17Br2NO2S/c18-13-3-1-2-12(10-13)16(14-4-5-15(19)23-14)20-8-6-11(7-9-20)17(21)22/h1-5,10-11,16H,6-9H2,(H,21,22). The minimum Gasteiger partial charge on any atom is -0.481 e. The molecular formula is C17H17Br2NO2S. The SMILES string of the molecule is O=C(O)C1CCN(C(c2cccc(Br)c2)c2ccc(Br)s2)CC1. The third kappa shape index (κ3) is 4.05. The molecule has 1 aromatic heterocycles. The Labute approximate surface area is 156 Å². The second-order valence-corrected chi connectivity index (χ2v) is 9.16. The highest BCUT2D eigenvalue weighted by Crippen LogP contribution is 2.38. The number of carbonyl (C=O) groups is 1. The van der Waals surface area contributed by atoms with Gasteiger partial charge in [0.15, 0.2) is 0 Å². The number of halogens is 2. The normalized spacial score (nSPS) is 18.0. The first-order valence-electron chi connectivity index (χ1n) is 7.52. The summed E-state index contributed by atoms with van der Waals surface area (Å²) in [5, 5.41) is 9.21. The van der Waals surface area contributed by atoms with Crippen molar-refractivity contribution in [2.75, 3.05) is 13.1 Å². The van der Waals surface area contributed by atoms with Gasteiger partial charge in [-0.3, -0.25) is 9.69 Å². The molecule has 0 radical (unpaired) electrons. The molecule has 1 N–H and O–H groups in total. The number of hydrogen-bond donors (Lipinski definition) is 1. The van der Waals surface area contributed by atoms with Gasteiger partial charge in [-0.2, -0.15) is 0 Å². The van der Waals surface area contributed by atoms with Crippen molar-refractivity contribution in [3.8, 4) is 0 Å². The molecule has 0 spiro atoms. The zero-order valence-corrected chi connectivity index (χ0v) is 16.4. The molecule has 3 nitrogen and oxygen atoms in total. The largest absolute Gasteiger partial charge is 0.481 e. The lowest BCUT2D eigenvalue weighted by Crippen LogP contribution is -2.39. The topological polar surface area (TPSA) is 40.5 Å². The number of nitrogens with zero attached hydrogens (tertiary/aromatic N) is 1. The van der Waals surface area contributed by atoms with Crippen LogP contribution in [0.1, 0.15) is 29.3 Å². The van der Waals surface area contributed by atoms with Crippen LogP contribution >= 0.6 is 43.2 Å². The van der Waals surface area contributed by atoms with E-state index in [1.165, 1.54) is 10.4 Å². The van der Waals surface area contributed by atoms with Crippen molar-refractivity contribution in [2.45, 2.75) is 18.9 Å². The van der Waals surface area contributed by atoms with Crippen molar-refractivity contribution in [1.82, 2.24) is 4.90 Å². The number of thiophene rings is 1. The zero-order valence-electron chi connectivity index (χ0n) is 12.4. The van der Waals surface area contributed by atoms with Crippen LogP contribution in [0.5, 0.6) is 0 Å². The first-order chi connectivity index (χ1) is 11.0. The Bertz CT molecular complexity index is 695. The van der Waals surface area contributed by atoms with Gasteiger partial charge in [0.25, 0.3) is 0 Å². The molecule has 0 aliphatic carbocycles. The second kappa shape index (κ2) is 7.47. The maximum Gasteiger partial charge on any atom is 0.306 e. The monoisotopic (exact) mass is 457 g/mol. The number of rotatable bonds is 4. The number of piperidine rings is 1. The lowest BCUT2D eigenvalue weighted by atomic mass is 9.94. The van der Waals surface area contributed by atoms with Crippen molar-refractivity contribution in [1.29, 1.82) is 0 Å². The smallest absolute Gasteiger partial charge is 0.306 e. The molecule has 1 saturated heterocycles. The van der Waals surface area contributed by atoms with Crippen molar-refractivity contribution in [3.05, 3.63) is 55.1 Å². The number of aliphatic carboxylic acids is 1. The molecule has 1 aliphatic heterocycles. The van der Waals surface area contributed by atoms with E-state index in [0.29, 0.717) is 12.8 Å². The number of hydrogen-bond acceptors (Lipinski definition) is 3. The van der Waals surface area contributed by atoms with Crippen LogP contribution in [-0.2, 0) is 4.79 Å². The molecule has 0 bridgehead atoms. The molecule has 6 heteroatoms. The Morgan fingerprint density at radius 3 is 2.52 bits per heavy atom. The van der Waals surface area contributed by atoms with Crippen molar-refractivity contribution < 1.29 is 9.90 Å². The number of carboxylic acids is 1. The summed E-state index contributed by atoms with van der Waals surface area (Å²) in [6.45, 7) is 1.62. The van der Waals surface area contributed by atoms with Crippen LogP contribution in [0.4, 0.5) is 0 Å². The summed E-state index contributed by atoms with van der Waals surface area (Å²) < 4.78 is 2.18. The van der Waals surface area contributed by atoms with Gasteiger partial charge < -0.3 is 5.11 Å². The minimum atomic E-state index is -0.664. The number of likely N-dealkylation sites (tertiary alicyclic amines) is 1. The number of carboxylic acid groups (broad SMARTS) is 1. The molecular weight excluding hydrogens is 442 g/mol. The van der Waals surface area contributed by atoms with Crippen LogP contribution < -0.4 is 0 Å². The van der Waals surface area contributed by atoms with Crippen molar-refractivity contribution in [2.24, 2.45) is 5.92 Å². The summed E-state index contributed by atoms with van der Waals surface area (Å²) in [5.74, 6) is -0.869. The molecule has 1 aliphatic rings. The van der Waals surface area contributed by atoms with Gasteiger partial charge in [-0.15, -0.1) is 11.3 Å². The second-order valence-electron chi connectivity index (χ2n) is 5.75. The summed E-state index contributed by atoms with van der Waals surface area (Å²) in [4.78, 5) is 14.9. The third-order valence-electron chi connectivity index (χ3n) is 4.27. The van der Waals surface area contributed by atoms with E-state index >= 15 is 0 Å². The molecule has 1 aromatic carbocycles. The summed E-state index contributed by atoms with van der Waals surface area (Å²) in [7, 11) is 0. The Kier molecular flexibility index (Phi) is 5.57. The molecule has 1 unspecified atom stereocenters. The molecule has 2 heterocycles. The molecule has 3 rings (SSSR count). The van der Waals surface area contributed by atoms with E-state index in [-0.39, 0.29) is 12.0 Å². The lowest BCUT2D eigenvalue weighted by molar-refractivity contribution is -0.143. The molecule has 0 saturated carbocycles. The van der Waals surface area contributed by atoms with E-state index in [9.17, 15) is 9.90 Å². The van der Waals surface area contributed by atoms with Gasteiger partial charge in [0.2, 0.25) is 0 Å². The van der Waals surface area contributed by atoms with E-state index in [0.717, 1.165) is 21.3 Å². The van der Waals surface area contributed by atoms with Crippen LogP contribution in [0.15, 0.2) is 44.7 Å². The summed E-state index contributed by atoms with van der Waals surface area (Å²) >= 11 is 8.85. The lowest BCUT2D eigenvalue weighted by Gasteiger charge is -2.36. The maximum atomic E-state index is 11.2. The van der Waals surface area contributed by atoms with Crippen LogP contribution in [0.25, 0.3) is 0 Å². The van der Waals surface area contributed by atoms with Gasteiger partial charge in [-0.05, 0) is 71.7 Å². The molecule has 1 atom stereocenters. The molecule has 122 valence electrons. The van der Waals surface area contributed by atoms with E-state index in [1.54, 1.807) is 11.3 Å². The van der Waals surface area contributed by atoms with Crippen molar-refractivity contribution in [3.63, 3.8) is 0 Å². The Morgan fingerprint density at radius 2 is 1.96 bits per heavy atom.